The van der Waals surface area contributed by atoms with E-state index in [2.05, 4.69) is 5.10 Å². The lowest BCUT2D eigenvalue weighted by Crippen LogP contribution is -2.45. The van der Waals surface area contributed by atoms with Crippen LogP contribution in [0.4, 0.5) is 4.79 Å². The standard InChI is InChI=1S/C13H20N4O3/c1-4-16(5-2)13(20)17-7-6-9-10(8-17)15(3)14-11(9)12(18)19/h4-8H2,1-3H3,(H,18,19). The Kier molecular flexibility index (Phi) is 3.96. The summed E-state index contributed by atoms with van der Waals surface area (Å²) in [5.74, 6) is -1.01. The van der Waals surface area contributed by atoms with Crippen molar-refractivity contribution in [3.8, 4) is 0 Å². The molecule has 0 fully saturated rings. The number of aryl methyl sites for hydroxylation is 1. The third-order valence-corrected chi connectivity index (χ3v) is 3.75. The summed E-state index contributed by atoms with van der Waals surface area (Å²) in [6.45, 7) is 6.19. The van der Waals surface area contributed by atoms with Gasteiger partial charge in [-0.25, -0.2) is 9.59 Å². The van der Waals surface area contributed by atoms with Gasteiger partial charge in [0, 0.05) is 32.2 Å². The number of rotatable bonds is 3. The minimum absolute atomic E-state index is 0.00118. The molecule has 2 rings (SSSR count). The fourth-order valence-corrected chi connectivity index (χ4v) is 2.60. The number of nitrogens with zero attached hydrogens (tertiary/aromatic N) is 4. The lowest BCUT2D eigenvalue weighted by atomic mass is 10.0. The van der Waals surface area contributed by atoms with Crippen LogP contribution in [0.25, 0.3) is 0 Å². The smallest absolute Gasteiger partial charge is 0.356 e. The summed E-state index contributed by atoms with van der Waals surface area (Å²) in [6, 6.07) is -0.00118. The second kappa shape index (κ2) is 5.52. The zero-order chi connectivity index (χ0) is 14.9. The van der Waals surface area contributed by atoms with E-state index in [0.29, 0.717) is 32.6 Å². The number of aromatic carboxylic acids is 1. The number of carbonyl (C=O) groups is 2. The van der Waals surface area contributed by atoms with Gasteiger partial charge in [0.15, 0.2) is 5.69 Å². The summed E-state index contributed by atoms with van der Waals surface area (Å²) in [6.07, 6.45) is 0.539. The molecule has 0 aromatic carbocycles. The van der Waals surface area contributed by atoms with Gasteiger partial charge in [0.05, 0.1) is 12.2 Å². The molecular weight excluding hydrogens is 260 g/mol. The molecular formula is C13H20N4O3. The van der Waals surface area contributed by atoms with Crippen LogP contribution in [-0.2, 0) is 20.0 Å². The summed E-state index contributed by atoms with van der Waals surface area (Å²) < 4.78 is 1.57. The molecule has 0 saturated carbocycles. The molecule has 1 aromatic rings. The summed E-state index contributed by atoms with van der Waals surface area (Å²) in [5, 5.41) is 13.2. The largest absolute Gasteiger partial charge is 0.476 e. The van der Waals surface area contributed by atoms with Gasteiger partial charge in [0.2, 0.25) is 0 Å². The van der Waals surface area contributed by atoms with Gasteiger partial charge < -0.3 is 14.9 Å². The first-order chi connectivity index (χ1) is 9.49. The first-order valence-corrected chi connectivity index (χ1v) is 6.81. The zero-order valence-electron chi connectivity index (χ0n) is 12.1. The van der Waals surface area contributed by atoms with Crippen LogP contribution in [0, 0.1) is 0 Å². The van der Waals surface area contributed by atoms with Crippen LogP contribution >= 0.6 is 0 Å². The Bertz CT molecular complexity index is 534. The van der Waals surface area contributed by atoms with E-state index in [1.165, 1.54) is 0 Å². The average molecular weight is 280 g/mol. The van der Waals surface area contributed by atoms with Crippen molar-refractivity contribution in [3.63, 3.8) is 0 Å². The SMILES string of the molecule is CCN(CC)C(=O)N1CCc2c(C(=O)O)nn(C)c2C1. The summed E-state index contributed by atoms with van der Waals surface area (Å²) in [5.41, 5.74) is 1.68. The van der Waals surface area contributed by atoms with Crippen molar-refractivity contribution in [2.24, 2.45) is 7.05 Å². The number of amides is 2. The highest BCUT2D eigenvalue weighted by Crippen LogP contribution is 2.22. The Balaban J connectivity index is 2.23. The highest BCUT2D eigenvalue weighted by molar-refractivity contribution is 5.87. The van der Waals surface area contributed by atoms with Gasteiger partial charge >= 0.3 is 12.0 Å². The molecule has 1 aliphatic rings. The molecule has 0 radical (unpaired) electrons. The van der Waals surface area contributed by atoms with Crippen molar-refractivity contribution in [2.45, 2.75) is 26.8 Å². The van der Waals surface area contributed by atoms with E-state index < -0.39 is 5.97 Å². The van der Waals surface area contributed by atoms with E-state index in [1.807, 2.05) is 13.8 Å². The van der Waals surface area contributed by atoms with Gasteiger partial charge in [-0.05, 0) is 20.3 Å². The second-order valence-electron chi connectivity index (χ2n) is 4.83. The van der Waals surface area contributed by atoms with Crippen molar-refractivity contribution in [1.29, 1.82) is 0 Å². The number of urea groups is 1. The summed E-state index contributed by atoms with van der Waals surface area (Å²) in [4.78, 5) is 27.0. The number of carbonyl (C=O) groups excluding carboxylic acids is 1. The fraction of sp³-hybridized carbons (Fsp3) is 0.615. The second-order valence-corrected chi connectivity index (χ2v) is 4.83. The molecule has 2 amide bonds. The number of hydrogen-bond acceptors (Lipinski definition) is 3. The monoisotopic (exact) mass is 280 g/mol. The molecule has 1 aromatic heterocycles. The highest BCUT2D eigenvalue weighted by atomic mass is 16.4. The van der Waals surface area contributed by atoms with Crippen LogP contribution in [0.1, 0.15) is 35.6 Å². The lowest BCUT2D eigenvalue weighted by Gasteiger charge is -2.32. The molecule has 0 aliphatic carbocycles. The molecule has 2 heterocycles. The molecule has 110 valence electrons. The van der Waals surface area contributed by atoms with Crippen LogP contribution in [0.3, 0.4) is 0 Å². The number of fused-ring (bicyclic) bond motifs is 1. The van der Waals surface area contributed by atoms with Crippen molar-refractivity contribution in [3.05, 3.63) is 17.0 Å². The molecule has 7 heteroatoms. The minimum Gasteiger partial charge on any atom is -0.476 e. The first-order valence-electron chi connectivity index (χ1n) is 6.81. The summed E-state index contributed by atoms with van der Waals surface area (Å²) in [7, 11) is 1.72. The fourth-order valence-electron chi connectivity index (χ4n) is 2.60. The maximum atomic E-state index is 12.3. The van der Waals surface area contributed by atoms with E-state index >= 15 is 0 Å². The van der Waals surface area contributed by atoms with Gasteiger partial charge in [-0.15, -0.1) is 0 Å². The predicted octanol–water partition coefficient (Wildman–Crippen LogP) is 0.938. The Morgan fingerprint density at radius 3 is 2.55 bits per heavy atom. The molecule has 0 saturated heterocycles. The van der Waals surface area contributed by atoms with Crippen LogP contribution in [0.15, 0.2) is 0 Å². The van der Waals surface area contributed by atoms with Crippen LogP contribution in [0.5, 0.6) is 0 Å². The van der Waals surface area contributed by atoms with Crippen molar-refractivity contribution < 1.29 is 14.7 Å². The van der Waals surface area contributed by atoms with Gasteiger partial charge in [-0.3, -0.25) is 4.68 Å². The van der Waals surface area contributed by atoms with E-state index in [1.54, 1.807) is 21.5 Å². The molecule has 0 unspecified atom stereocenters. The number of carboxylic acid groups (broad SMARTS) is 1. The topological polar surface area (TPSA) is 78.7 Å². The van der Waals surface area contributed by atoms with Crippen LogP contribution < -0.4 is 0 Å². The lowest BCUT2D eigenvalue weighted by molar-refractivity contribution is 0.0688. The Labute approximate surface area is 117 Å². The Hall–Kier alpha value is -2.05. The van der Waals surface area contributed by atoms with Crippen molar-refractivity contribution in [2.75, 3.05) is 19.6 Å². The highest BCUT2D eigenvalue weighted by Gasteiger charge is 2.30. The number of hydrogen-bond donors (Lipinski definition) is 1. The van der Waals surface area contributed by atoms with Crippen LogP contribution in [0.2, 0.25) is 0 Å². The molecule has 0 spiro atoms. The van der Waals surface area contributed by atoms with Gasteiger partial charge in [-0.2, -0.15) is 5.10 Å². The van der Waals surface area contributed by atoms with Crippen LogP contribution in [-0.4, -0.2) is 56.3 Å². The molecule has 0 atom stereocenters. The molecule has 0 bridgehead atoms. The van der Waals surface area contributed by atoms with Crippen molar-refractivity contribution in [1.82, 2.24) is 19.6 Å². The predicted molar refractivity (Wildman–Crippen MR) is 72.6 cm³/mol. The van der Waals surface area contributed by atoms with E-state index in [-0.39, 0.29) is 11.7 Å². The van der Waals surface area contributed by atoms with E-state index in [9.17, 15) is 9.59 Å². The molecule has 1 N–H and O–H groups in total. The number of aromatic nitrogens is 2. The first kappa shape index (κ1) is 14.4. The summed E-state index contributed by atoms with van der Waals surface area (Å²) >= 11 is 0. The molecule has 1 aliphatic heterocycles. The molecule has 20 heavy (non-hydrogen) atoms. The van der Waals surface area contributed by atoms with Crippen molar-refractivity contribution >= 4 is 12.0 Å². The Morgan fingerprint density at radius 1 is 1.35 bits per heavy atom. The van der Waals surface area contributed by atoms with Gasteiger partial charge in [-0.1, -0.05) is 0 Å². The molecule has 7 nitrogen and oxygen atoms in total. The van der Waals surface area contributed by atoms with E-state index in [4.69, 9.17) is 5.11 Å². The quantitative estimate of drug-likeness (QED) is 0.893. The number of carboxylic acids is 1. The maximum Gasteiger partial charge on any atom is 0.356 e. The minimum atomic E-state index is -1.01. The van der Waals surface area contributed by atoms with Gasteiger partial charge in [0.25, 0.3) is 0 Å². The average Bonchev–Trinajstić information content (AvgIpc) is 2.77. The third-order valence-electron chi connectivity index (χ3n) is 3.75. The van der Waals surface area contributed by atoms with E-state index in [0.717, 1.165) is 11.3 Å². The maximum absolute atomic E-state index is 12.3. The zero-order valence-corrected chi connectivity index (χ0v) is 12.1. The normalized spacial score (nSPS) is 14.1. The Morgan fingerprint density at radius 2 is 2.00 bits per heavy atom. The van der Waals surface area contributed by atoms with Gasteiger partial charge in [0.1, 0.15) is 0 Å². The third kappa shape index (κ3) is 2.35.